The van der Waals surface area contributed by atoms with E-state index in [9.17, 15) is 22.8 Å². The van der Waals surface area contributed by atoms with Gasteiger partial charge in [-0.05, 0) is 50.4 Å². The van der Waals surface area contributed by atoms with Gasteiger partial charge in [0.2, 0.25) is 0 Å². The Morgan fingerprint density at radius 1 is 1.15 bits per heavy atom. The van der Waals surface area contributed by atoms with Crippen LogP contribution in [0.1, 0.15) is 40.0 Å². The molecule has 7 nitrogen and oxygen atoms in total. The van der Waals surface area contributed by atoms with Gasteiger partial charge in [0.05, 0.1) is 17.7 Å². The van der Waals surface area contributed by atoms with Crippen LogP contribution >= 0.6 is 0 Å². The van der Waals surface area contributed by atoms with Crippen molar-refractivity contribution < 1.29 is 37.5 Å². The van der Waals surface area contributed by atoms with Crippen molar-refractivity contribution >= 4 is 17.8 Å². The number of piperidine rings is 1. The molecule has 1 fully saturated rings. The van der Waals surface area contributed by atoms with Gasteiger partial charge in [0.25, 0.3) is 11.8 Å². The molecule has 0 unspecified atom stereocenters. The van der Waals surface area contributed by atoms with E-state index in [4.69, 9.17) is 14.7 Å². The van der Waals surface area contributed by atoms with Gasteiger partial charge in [-0.15, -0.1) is 5.06 Å². The number of nitrogens with zero attached hydrogens (tertiary/aromatic N) is 1. The van der Waals surface area contributed by atoms with Crippen molar-refractivity contribution in [3.05, 3.63) is 35.4 Å². The Hall–Kier alpha value is -2.46. The van der Waals surface area contributed by atoms with E-state index in [1.54, 1.807) is 24.3 Å². The Bertz CT molecular complexity index is 667. The number of benzene rings is 1. The second kappa shape index (κ2) is 8.96. The third kappa shape index (κ3) is 5.51. The van der Waals surface area contributed by atoms with E-state index in [2.05, 4.69) is 5.32 Å². The summed E-state index contributed by atoms with van der Waals surface area (Å²) in [5, 5.41) is 11.3. The van der Waals surface area contributed by atoms with Crippen molar-refractivity contribution in [2.24, 2.45) is 5.92 Å². The number of carboxylic acid groups (broad SMARTS) is 1. The lowest BCUT2D eigenvalue weighted by Crippen LogP contribution is -2.32. The van der Waals surface area contributed by atoms with Gasteiger partial charge in [-0.2, -0.15) is 13.2 Å². The van der Waals surface area contributed by atoms with Crippen molar-refractivity contribution in [3.63, 3.8) is 0 Å². The number of aliphatic carboxylic acids is 1. The Labute approximate surface area is 153 Å². The van der Waals surface area contributed by atoms with Crippen molar-refractivity contribution in [1.29, 1.82) is 0 Å². The Morgan fingerprint density at radius 3 is 2.07 bits per heavy atom. The van der Waals surface area contributed by atoms with E-state index in [0.29, 0.717) is 23.7 Å². The summed E-state index contributed by atoms with van der Waals surface area (Å²) in [6.07, 6.45) is -1.94. The number of nitrogens with one attached hydrogen (secondary N) is 1. The van der Waals surface area contributed by atoms with E-state index in [0.717, 1.165) is 37.4 Å². The molecule has 0 spiro atoms. The summed E-state index contributed by atoms with van der Waals surface area (Å²) >= 11 is 0. The largest absolute Gasteiger partial charge is 0.490 e. The van der Waals surface area contributed by atoms with E-state index < -0.39 is 12.1 Å². The van der Waals surface area contributed by atoms with Crippen molar-refractivity contribution in [3.8, 4) is 0 Å². The van der Waals surface area contributed by atoms with Crippen molar-refractivity contribution in [2.45, 2.75) is 25.4 Å². The Kier molecular flexibility index (Phi) is 6.92. The minimum atomic E-state index is -5.08. The second-order valence-corrected chi connectivity index (χ2v) is 6.07. The van der Waals surface area contributed by atoms with Crippen LogP contribution in [-0.4, -0.2) is 53.8 Å². The van der Waals surface area contributed by atoms with Gasteiger partial charge in [0.15, 0.2) is 0 Å². The molecule has 1 aromatic carbocycles. The molecular weight excluding hydrogens is 369 g/mol. The van der Waals surface area contributed by atoms with Crippen LogP contribution in [0.4, 0.5) is 13.2 Å². The van der Waals surface area contributed by atoms with Crippen LogP contribution in [0.25, 0.3) is 0 Å². The van der Waals surface area contributed by atoms with Gasteiger partial charge >= 0.3 is 12.1 Å². The third-order valence-electron chi connectivity index (χ3n) is 4.20. The number of halogens is 3. The smallest absolute Gasteiger partial charge is 0.475 e. The van der Waals surface area contributed by atoms with Crippen LogP contribution in [0.15, 0.2) is 24.3 Å². The lowest BCUT2D eigenvalue weighted by atomic mass is 9.95. The number of fused-ring (bicyclic) bond motifs is 1. The monoisotopic (exact) mass is 388 g/mol. The number of carbonyl (C=O) groups is 3. The molecule has 10 heteroatoms. The molecule has 2 aliphatic heterocycles. The average Bonchev–Trinajstić information content (AvgIpc) is 2.88. The molecule has 0 aliphatic carbocycles. The highest BCUT2D eigenvalue weighted by Gasteiger charge is 2.38. The molecule has 0 bridgehead atoms. The van der Waals surface area contributed by atoms with E-state index in [1.807, 2.05) is 0 Å². The number of carbonyl (C=O) groups excluding carboxylic acids is 2. The molecule has 2 amide bonds. The quantitative estimate of drug-likeness (QED) is 0.768. The van der Waals surface area contributed by atoms with Crippen LogP contribution in [0.2, 0.25) is 0 Å². The average molecular weight is 388 g/mol. The minimum absolute atomic E-state index is 0.351. The van der Waals surface area contributed by atoms with Crippen molar-refractivity contribution in [2.75, 3.05) is 19.7 Å². The molecule has 0 saturated carbocycles. The summed E-state index contributed by atoms with van der Waals surface area (Å²) in [5.74, 6) is -2.84. The maximum Gasteiger partial charge on any atom is 0.490 e. The van der Waals surface area contributed by atoms with Crippen molar-refractivity contribution in [1.82, 2.24) is 10.4 Å². The first kappa shape index (κ1) is 20.8. The number of hydrogen-bond donors (Lipinski definition) is 2. The summed E-state index contributed by atoms with van der Waals surface area (Å²) in [4.78, 5) is 38.4. The lowest BCUT2D eigenvalue weighted by molar-refractivity contribution is -0.192. The molecule has 1 saturated heterocycles. The van der Waals surface area contributed by atoms with E-state index in [-0.39, 0.29) is 11.8 Å². The van der Waals surface area contributed by atoms with E-state index >= 15 is 0 Å². The number of imide groups is 1. The Balaban J connectivity index is 0.000000321. The number of carboxylic acids is 1. The highest BCUT2D eigenvalue weighted by Crippen LogP contribution is 2.23. The maximum absolute atomic E-state index is 12.1. The molecule has 2 heterocycles. The fraction of sp³-hybridized carbons (Fsp3) is 0.471. The number of amides is 2. The lowest BCUT2D eigenvalue weighted by Gasteiger charge is -2.23. The summed E-state index contributed by atoms with van der Waals surface area (Å²) in [6.45, 7) is 2.49. The standard InChI is InChI=1S/C15H18N2O3.C2HF3O2/c18-14-12-3-1-2-4-13(12)15(19)17(14)20-10-7-11-5-8-16-9-6-11;3-2(4,5)1(6)7/h1-4,11,16H,5-10H2;(H,6,7). The van der Waals surface area contributed by atoms with Gasteiger partial charge in [-0.3, -0.25) is 14.4 Å². The highest BCUT2D eigenvalue weighted by atomic mass is 19.4. The second-order valence-electron chi connectivity index (χ2n) is 6.07. The molecule has 27 heavy (non-hydrogen) atoms. The number of hydrogen-bond acceptors (Lipinski definition) is 5. The fourth-order valence-electron chi connectivity index (χ4n) is 2.77. The van der Waals surface area contributed by atoms with E-state index in [1.165, 1.54) is 0 Å². The van der Waals surface area contributed by atoms with Crippen LogP contribution in [0.3, 0.4) is 0 Å². The molecular formula is C17H19F3N2O5. The van der Waals surface area contributed by atoms with Gasteiger partial charge in [-0.1, -0.05) is 12.1 Å². The molecule has 0 atom stereocenters. The zero-order chi connectivity index (χ0) is 20.0. The molecule has 0 aromatic heterocycles. The predicted octanol–water partition coefficient (Wildman–Crippen LogP) is 2.24. The van der Waals surface area contributed by atoms with Crippen LogP contribution in [0, 0.1) is 5.92 Å². The van der Waals surface area contributed by atoms with Gasteiger partial charge in [-0.25, -0.2) is 4.79 Å². The molecule has 3 rings (SSSR count). The first-order valence-corrected chi connectivity index (χ1v) is 8.33. The molecule has 1 aromatic rings. The predicted molar refractivity (Wildman–Crippen MR) is 86.8 cm³/mol. The fourth-order valence-corrected chi connectivity index (χ4v) is 2.77. The molecule has 0 radical (unpaired) electrons. The normalized spacial score (nSPS) is 17.4. The van der Waals surface area contributed by atoms with Crippen LogP contribution in [0.5, 0.6) is 0 Å². The third-order valence-corrected chi connectivity index (χ3v) is 4.20. The topological polar surface area (TPSA) is 95.9 Å². The summed E-state index contributed by atoms with van der Waals surface area (Å²) in [6, 6.07) is 6.82. The van der Waals surface area contributed by atoms with Gasteiger partial charge in [0, 0.05) is 0 Å². The number of rotatable bonds is 4. The minimum Gasteiger partial charge on any atom is -0.475 e. The number of alkyl halides is 3. The first-order valence-electron chi connectivity index (χ1n) is 8.33. The summed E-state index contributed by atoms with van der Waals surface area (Å²) in [7, 11) is 0. The SMILES string of the molecule is O=C(O)C(F)(F)F.O=C1c2ccccc2C(=O)N1OCCC1CCNCC1. The summed E-state index contributed by atoms with van der Waals surface area (Å²) in [5.41, 5.74) is 0.860. The Morgan fingerprint density at radius 2 is 1.63 bits per heavy atom. The molecule has 2 N–H and O–H groups in total. The zero-order valence-corrected chi connectivity index (χ0v) is 14.3. The van der Waals surface area contributed by atoms with Crippen LogP contribution in [-0.2, 0) is 9.63 Å². The first-order chi connectivity index (χ1) is 12.7. The zero-order valence-electron chi connectivity index (χ0n) is 14.3. The number of hydroxylamine groups is 2. The maximum atomic E-state index is 12.1. The van der Waals surface area contributed by atoms with Crippen LogP contribution < -0.4 is 5.32 Å². The molecule has 2 aliphatic rings. The van der Waals surface area contributed by atoms with Gasteiger partial charge in [0.1, 0.15) is 0 Å². The van der Waals surface area contributed by atoms with Gasteiger partial charge < -0.3 is 10.4 Å². The molecule has 148 valence electrons. The highest BCUT2D eigenvalue weighted by molar-refractivity contribution is 6.20. The summed E-state index contributed by atoms with van der Waals surface area (Å²) < 4.78 is 31.7.